The summed E-state index contributed by atoms with van der Waals surface area (Å²) in [6.45, 7) is 4.33. The molecular weight excluding hydrogens is 276 g/mol. The molecule has 5 nitrogen and oxygen atoms in total. The Hall–Kier alpha value is -2.27. The Morgan fingerprint density at radius 1 is 1.27 bits per heavy atom. The van der Waals surface area contributed by atoms with Crippen molar-refractivity contribution in [1.29, 1.82) is 0 Å². The van der Waals surface area contributed by atoms with Crippen LogP contribution in [0.2, 0.25) is 0 Å². The van der Waals surface area contributed by atoms with Crippen LogP contribution in [0.5, 0.6) is 0 Å². The zero-order chi connectivity index (χ0) is 15.5. The quantitative estimate of drug-likeness (QED) is 0.862. The zero-order valence-corrected chi connectivity index (χ0v) is 12.9. The van der Waals surface area contributed by atoms with Crippen molar-refractivity contribution >= 4 is 5.91 Å². The summed E-state index contributed by atoms with van der Waals surface area (Å²) in [6.07, 6.45) is 7.04. The number of aromatic nitrogens is 2. The number of nitrogens with zero attached hydrogens (tertiary/aromatic N) is 4. The van der Waals surface area contributed by atoms with Gasteiger partial charge in [0.1, 0.15) is 0 Å². The maximum Gasteiger partial charge on any atom is 0.255 e. The lowest BCUT2D eigenvalue weighted by Crippen LogP contribution is -2.59. The number of hydrogen-bond donors (Lipinski definition) is 0. The van der Waals surface area contributed by atoms with E-state index in [4.69, 9.17) is 0 Å². The molecule has 2 aromatic heterocycles. The van der Waals surface area contributed by atoms with Crippen LogP contribution >= 0.6 is 0 Å². The second-order valence-electron chi connectivity index (χ2n) is 5.83. The third-order valence-electron chi connectivity index (χ3n) is 4.20. The van der Waals surface area contributed by atoms with Gasteiger partial charge in [-0.2, -0.15) is 0 Å². The molecule has 1 fully saturated rings. The van der Waals surface area contributed by atoms with Gasteiger partial charge in [-0.15, -0.1) is 0 Å². The molecule has 0 radical (unpaired) electrons. The Kier molecular flexibility index (Phi) is 4.15. The van der Waals surface area contributed by atoms with Gasteiger partial charge < -0.3 is 4.90 Å². The molecule has 1 amide bonds. The minimum absolute atomic E-state index is 0.0802. The number of aryl methyl sites for hydroxylation is 1. The van der Waals surface area contributed by atoms with Gasteiger partial charge in [0, 0.05) is 50.5 Å². The van der Waals surface area contributed by atoms with Crippen LogP contribution in [0.25, 0.3) is 0 Å². The van der Waals surface area contributed by atoms with Crippen molar-refractivity contribution < 1.29 is 4.79 Å². The number of hydrogen-bond acceptors (Lipinski definition) is 4. The Labute approximate surface area is 130 Å². The van der Waals surface area contributed by atoms with Crippen LogP contribution < -0.4 is 0 Å². The van der Waals surface area contributed by atoms with E-state index in [9.17, 15) is 4.79 Å². The molecule has 3 rings (SSSR count). The molecule has 0 aliphatic carbocycles. The van der Waals surface area contributed by atoms with Gasteiger partial charge in [-0.25, -0.2) is 0 Å². The Balaban J connectivity index is 1.55. The molecule has 0 atom stereocenters. The number of carbonyl (C=O) groups excluding carboxylic acids is 1. The van der Waals surface area contributed by atoms with Gasteiger partial charge in [0.15, 0.2) is 0 Å². The van der Waals surface area contributed by atoms with Gasteiger partial charge in [0.05, 0.1) is 5.56 Å². The van der Waals surface area contributed by atoms with Crippen molar-refractivity contribution in [3.8, 4) is 0 Å². The minimum Gasteiger partial charge on any atom is -0.335 e. The summed E-state index contributed by atoms with van der Waals surface area (Å²) in [5.41, 5.74) is 2.88. The second-order valence-corrected chi connectivity index (χ2v) is 5.83. The van der Waals surface area contributed by atoms with Gasteiger partial charge in [0.25, 0.3) is 5.91 Å². The topological polar surface area (TPSA) is 49.3 Å². The first-order valence-corrected chi connectivity index (χ1v) is 7.44. The Morgan fingerprint density at radius 2 is 2.05 bits per heavy atom. The van der Waals surface area contributed by atoms with E-state index in [-0.39, 0.29) is 5.91 Å². The van der Waals surface area contributed by atoms with Crippen molar-refractivity contribution in [2.24, 2.45) is 0 Å². The standard InChI is InChI=1S/C17H20N4O/c1-13-5-7-19-9-16(13)17(22)21-11-15(12-21)20(2)10-14-4-3-6-18-8-14/h3-9,15H,10-12H2,1-2H3. The summed E-state index contributed by atoms with van der Waals surface area (Å²) in [4.78, 5) is 24.8. The molecule has 3 heterocycles. The second kappa shape index (κ2) is 6.23. The van der Waals surface area contributed by atoms with Gasteiger partial charge in [-0.3, -0.25) is 19.7 Å². The van der Waals surface area contributed by atoms with Crippen molar-refractivity contribution in [3.63, 3.8) is 0 Å². The third-order valence-corrected chi connectivity index (χ3v) is 4.20. The summed E-state index contributed by atoms with van der Waals surface area (Å²) in [5, 5.41) is 0. The Morgan fingerprint density at radius 3 is 2.73 bits per heavy atom. The molecule has 5 heteroatoms. The van der Waals surface area contributed by atoms with E-state index < -0.39 is 0 Å². The number of likely N-dealkylation sites (N-methyl/N-ethyl adjacent to an activating group) is 1. The van der Waals surface area contributed by atoms with E-state index in [1.165, 1.54) is 5.56 Å². The van der Waals surface area contributed by atoms with Crippen LogP contribution in [0.4, 0.5) is 0 Å². The predicted molar refractivity (Wildman–Crippen MR) is 84.4 cm³/mol. The number of amides is 1. The van der Waals surface area contributed by atoms with Gasteiger partial charge in [-0.05, 0) is 37.2 Å². The molecular formula is C17H20N4O. The van der Waals surface area contributed by atoms with Crippen LogP contribution in [-0.2, 0) is 6.54 Å². The maximum atomic E-state index is 12.4. The molecule has 0 saturated carbocycles. The highest BCUT2D eigenvalue weighted by molar-refractivity contribution is 5.95. The highest BCUT2D eigenvalue weighted by Gasteiger charge is 2.34. The highest BCUT2D eigenvalue weighted by atomic mass is 16.2. The van der Waals surface area contributed by atoms with Gasteiger partial charge in [0.2, 0.25) is 0 Å². The molecule has 0 unspecified atom stereocenters. The summed E-state index contributed by atoms with van der Waals surface area (Å²) in [6, 6.07) is 6.30. The van der Waals surface area contributed by atoms with E-state index in [1.54, 1.807) is 18.6 Å². The summed E-state index contributed by atoms with van der Waals surface area (Å²) in [7, 11) is 2.09. The number of likely N-dealkylation sites (tertiary alicyclic amines) is 1. The molecule has 114 valence electrons. The first-order chi connectivity index (χ1) is 10.6. The number of pyridine rings is 2. The molecule has 0 spiro atoms. The van der Waals surface area contributed by atoms with Gasteiger partial charge >= 0.3 is 0 Å². The van der Waals surface area contributed by atoms with Crippen molar-refractivity contribution in [2.45, 2.75) is 19.5 Å². The van der Waals surface area contributed by atoms with Crippen molar-refractivity contribution in [2.75, 3.05) is 20.1 Å². The number of carbonyl (C=O) groups is 1. The lowest BCUT2D eigenvalue weighted by molar-refractivity contribution is 0.0320. The Bertz CT molecular complexity index is 653. The molecule has 0 aromatic carbocycles. The van der Waals surface area contributed by atoms with Crippen LogP contribution in [-0.4, -0.2) is 51.9 Å². The molecule has 1 aliphatic rings. The fourth-order valence-corrected chi connectivity index (χ4v) is 2.67. The third kappa shape index (κ3) is 2.99. The SMILES string of the molecule is Cc1ccncc1C(=O)N1CC(N(C)Cc2cccnc2)C1. The van der Waals surface area contributed by atoms with Crippen LogP contribution in [0, 0.1) is 6.92 Å². The fraction of sp³-hybridized carbons (Fsp3) is 0.353. The molecule has 2 aromatic rings. The zero-order valence-electron chi connectivity index (χ0n) is 12.9. The van der Waals surface area contributed by atoms with Gasteiger partial charge in [-0.1, -0.05) is 6.07 Å². The fourth-order valence-electron chi connectivity index (χ4n) is 2.67. The van der Waals surface area contributed by atoms with Crippen molar-refractivity contribution in [3.05, 3.63) is 59.7 Å². The smallest absolute Gasteiger partial charge is 0.255 e. The first-order valence-electron chi connectivity index (χ1n) is 7.44. The lowest BCUT2D eigenvalue weighted by atomic mass is 10.0. The van der Waals surface area contributed by atoms with E-state index in [2.05, 4.69) is 28.0 Å². The van der Waals surface area contributed by atoms with E-state index in [0.29, 0.717) is 11.6 Å². The summed E-state index contributed by atoms with van der Waals surface area (Å²) >= 11 is 0. The van der Waals surface area contributed by atoms with Crippen LogP contribution in [0.3, 0.4) is 0 Å². The normalized spacial score (nSPS) is 15.0. The molecule has 0 N–H and O–H groups in total. The van der Waals surface area contributed by atoms with E-state index in [1.807, 2.05) is 30.2 Å². The highest BCUT2D eigenvalue weighted by Crippen LogP contribution is 2.19. The van der Waals surface area contributed by atoms with Crippen molar-refractivity contribution in [1.82, 2.24) is 19.8 Å². The largest absolute Gasteiger partial charge is 0.335 e. The molecule has 0 bridgehead atoms. The molecule has 1 aliphatic heterocycles. The van der Waals surface area contributed by atoms with Crippen LogP contribution in [0.1, 0.15) is 21.5 Å². The average Bonchev–Trinajstić information content (AvgIpc) is 2.47. The first kappa shape index (κ1) is 14.7. The van der Waals surface area contributed by atoms with E-state index in [0.717, 1.165) is 25.2 Å². The lowest BCUT2D eigenvalue weighted by Gasteiger charge is -2.44. The predicted octanol–water partition coefficient (Wildman–Crippen LogP) is 1.74. The molecule has 1 saturated heterocycles. The summed E-state index contributed by atoms with van der Waals surface area (Å²) < 4.78 is 0. The average molecular weight is 296 g/mol. The van der Waals surface area contributed by atoms with E-state index >= 15 is 0 Å². The maximum absolute atomic E-state index is 12.4. The number of rotatable bonds is 4. The minimum atomic E-state index is 0.0802. The summed E-state index contributed by atoms with van der Waals surface area (Å²) in [5.74, 6) is 0.0802. The molecule has 22 heavy (non-hydrogen) atoms. The monoisotopic (exact) mass is 296 g/mol. The van der Waals surface area contributed by atoms with Crippen LogP contribution in [0.15, 0.2) is 43.0 Å².